The third-order valence-electron chi connectivity index (χ3n) is 6.23. The van der Waals surface area contributed by atoms with Crippen LogP contribution in [0.2, 0.25) is 0 Å². The van der Waals surface area contributed by atoms with Crippen molar-refractivity contribution in [3.05, 3.63) is 65.4 Å². The van der Waals surface area contributed by atoms with Gasteiger partial charge in [0.1, 0.15) is 11.6 Å². The smallest absolute Gasteiger partial charge is 0.264 e. The monoisotopic (exact) mass is 466 g/mol. The Morgan fingerprint density at radius 1 is 1.21 bits per heavy atom. The van der Waals surface area contributed by atoms with E-state index >= 15 is 0 Å². The van der Waals surface area contributed by atoms with Crippen LogP contribution < -0.4 is 14.4 Å². The van der Waals surface area contributed by atoms with Crippen LogP contribution in [0.5, 0.6) is 5.75 Å². The number of aryl methyl sites for hydroxylation is 1. The number of nitrogens with zero attached hydrogens (tertiary/aromatic N) is 3. The average Bonchev–Trinajstić information content (AvgIpc) is 3.43. The number of anilines is 2. The van der Waals surface area contributed by atoms with Crippen LogP contribution in [-0.4, -0.2) is 37.8 Å². The first-order valence-electron chi connectivity index (χ1n) is 11.0. The number of fused-ring (bicyclic) bond motifs is 1. The number of carbonyl (C=O) groups is 1. The van der Waals surface area contributed by atoms with Gasteiger partial charge in [0.2, 0.25) is 0 Å². The molecule has 33 heavy (non-hydrogen) atoms. The molecule has 2 aliphatic rings. The quantitative estimate of drug-likeness (QED) is 0.574. The minimum Gasteiger partial charge on any atom is -0.496 e. The lowest BCUT2D eigenvalue weighted by Crippen LogP contribution is -2.29. The number of carbonyl (C=O) groups excluding carboxylic acids is 1. The van der Waals surface area contributed by atoms with Crippen molar-refractivity contribution in [2.75, 3.05) is 23.3 Å². The van der Waals surface area contributed by atoms with E-state index in [2.05, 4.69) is 10.4 Å². The van der Waals surface area contributed by atoms with Gasteiger partial charge in [-0.15, -0.1) is 0 Å². The molecule has 2 heterocycles. The lowest BCUT2D eigenvalue weighted by Gasteiger charge is -2.20. The Morgan fingerprint density at radius 3 is 2.76 bits per heavy atom. The van der Waals surface area contributed by atoms with Gasteiger partial charge >= 0.3 is 0 Å². The Kier molecular flexibility index (Phi) is 5.36. The third kappa shape index (κ3) is 3.97. The molecule has 3 aromatic rings. The molecule has 1 fully saturated rings. The van der Waals surface area contributed by atoms with E-state index in [0.29, 0.717) is 36.1 Å². The van der Waals surface area contributed by atoms with Crippen LogP contribution in [-0.2, 0) is 23.0 Å². The van der Waals surface area contributed by atoms with Crippen molar-refractivity contribution in [3.63, 3.8) is 0 Å². The summed E-state index contributed by atoms with van der Waals surface area (Å²) in [6, 6.07) is 11.9. The zero-order valence-corrected chi connectivity index (χ0v) is 19.4. The second-order valence-electron chi connectivity index (χ2n) is 8.57. The largest absolute Gasteiger partial charge is 0.496 e. The summed E-state index contributed by atoms with van der Waals surface area (Å²) in [5, 5.41) is 7.30. The van der Waals surface area contributed by atoms with Gasteiger partial charge in [0.15, 0.2) is 0 Å². The summed E-state index contributed by atoms with van der Waals surface area (Å²) in [7, 11) is -2.38. The molecule has 9 heteroatoms. The number of hydrogen-bond acceptors (Lipinski definition) is 5. The first-order chi connectivity index (χ1) is 15.9. The predicted octanol–water partition coefficient (Wildman–Crippen LogP) is 3.61. The summed E-state index contributed by atoms with van der Waals surface area (Å²) in [6.45, 7) is 3.01. The van der Waals surface area contributed by atoms with Crippen molar-refractivity contribution in [3.8, 4) is 5.75 Å². The first-order valence-corrected chi connectivity index (χ1v) is 12.4. The molecule has 1 aliphatic heterocycles. The van der Waals surface area contributed by atoms with Crippen molar-refractivity contribution in [1.82, 2.24) is 9.78 Å². The summed E-state index contributed by atoms with van der Waals surface area (Å²) < 4.78 is 35.5. The highest BCUT2D eigenvalue weighted by Crippen LogP contribution is 2.35. The second-order valence-corrected chi connectivity index (χ2v) is 10.4. The number of ether oxygens (including phenoxy) is 1. The summed E-state index contributed by atoms with van der Waals surface area (Å²) in [4.78, 5) is 13.3. The van der Waals surface area contributed by atoms with Gasteiger partial charge in [-0.2, -0.15) is 5.10 Å². The maximum atomic E-state index is 13.5. The number of sulfonamides is 1. The topological polar surface area (TPSA) is 93.5 Å². The molecule has 1 N–H and O–H groups in total. The minimum atomic E-state index is -3.84. The molecule has 0 atom stereocenters. The number of hydrogen-bond donors (Lipinski definition) is 1. The van der Waals surface area contributed by atoms with E-state index < -0.39 is 15.9 Å². The van der Waals surface area contributed by atoms with Gasteiger partial charge in [-0.05, 0) is 61.9 Å². The van der Waals surface area contributed by atoms with Crippen LogP contribution in [0.4, 0.5) is 11.5 Å². The van der Waals surface area contributed by atoms with Crippen LogP contribution in [0.1, 0.15) is 34.3 Å². The molecular weight excluding hydrogens is 440 g/mol. The fraction of sp³-hybridized carbons (Fsp3) is 0.333. The number of aromatic nitrogens is 2. The molecule has 2 aromatic carbocycles. The molecular formula is C24H26N4O4S. The Labute approximate surface area is 193 Å². The van der Waals surface area contributed by atoms with E-state index in [1.807, 2.05) is 25.1 Å². The van der Waals surface area contributed by atoms with E-state index in [4.69, 9.17) is 4.74 Å². The van der Waals surface area contributed by atoms with Crippen LogP contribution in [0.15, 0.2) is 53.6 Å². The highest BCUT2D eigenvalue weighted by atomic mass is 32.2. The predicted molar refractivity (Wildman–Crippen MR) is 125 cm³/mol. The molecule has 1 amide bonds. The third-order valence-corrected chi connectivity index (χ3v) is 8.04. The van der Waals surface area contributed by atoms with Crippen molar-refractivity contribution in [1.29, 1.82) is 0 Å². The molecule has 0 saturated heterocycles. The average molecular weight is 467 g/mol. The van der Waals surface area contributed by atoms with Gasteiger partial charge in [0.05, 0.1) is 29.5 Å². The molecule has 0 radical (unpaired) electrons. The SMILES string of the molecule is COc1ccc(S(=O)(=O)N2CCc3ccccc32)cc1C(=O)Nc1c(C)cnn1CC1CC1. The number of para-hydroxylation sites is 1. The lowest BCUT2D eigenvalue weighted by molar-refractivity contribution is 0.102. The molecule has 1 aliphatic carbocycles. The molecule has 5 rings (SSSR count). The number of rotatable bonds is 7. The van der Waals surface area contributed by atoms with Crippen LogP contribution in [0.3, 0.4) is 0 Å². The summed E-state index contributed by atoms with van der Waals surface area (Å²) in [6.07, 6.45) is 4.71. The van der Waals surface area contributed by atoms with E-state index in [1.165, 1.54) is 42.5 Å². The van der Waals surface area contributed by atoms with Gasteiger partial charge in [-0.1, -0.05) is 18.2 Å². The van der Waals surface area contributed by atoms with E-state index in [1.54, 1.807) is 16.9 Å². The van der Waals surface area contributed by atoms with Crippen molar-refractivity contribution >= 4 is 27.4 Å². The van der Waals surface area contributed by atoms with E-state index in [9.17, 15) is 13.2 Å². The minimum absolute atomic E-state index is 0.0494. The first kappa shape index (κ1) is 21.5. The zero-order valence-electron chi connectivity index (χ0n) is 18.6. The van der Waals surface area contributed by atoms with Gasteiger partial charge < -0.3 is 10.1 Å². The van der Waals surface area contributed by atoms with Crippen molar-refractivity contribution < 1.29 is 17.9 Å². The number of benzene rings is 2. The molecule has 8 nitrogen and oxygen atoms in total. The highest BCUT2D eigenvalue weighted by molar-refractivity contribution is 7.92. The molecule has 1 aromatic heterocycles. The normalized spacial score (nSPS) is 15.4. The molecule has 172 valence electrons. The Balaban J connectivity index is 1.47. The molecule has 1 saturated carbocycles. The fourth-order valence-electron chi connectivity index (χ4n) is 4.21. The number of methoxy groups -OCH3 is 1. The Bertz CT molecular complexity index is 1330. The lowest BCUT2D eigenvalue weighted by atomic mass is 10.2. The molecule has 0 unspecified atom stereocenters. The van der Waals surface area contributed by atoms with Crippen LogP contribution in [0, 0.1) is 12.8 Å². The van der Waals surface area contributed by atoms with E-state index in [-0.39, 0.29) is 10.5 Å². The standard InChI is InChI=1S/C24H26N4O4S/c1-16-14-25-27(15-17-7-8-17)23(16)26-24(29)20-13-19(9-10-22(20)32-2)33(30,31)28-12-11-18-5-3-4-6-21(18)28/h3-6,9-10,13-14,17H,7-8,11-12,15H2,1-2H3,(H,26,29). The maximum Gasteiger partial charge on any atom is 0.264 e. The highest BCUT2D eigenvalue weighted by Gasteiger charge is 2.32. The Hall–Kier alpha value is -3.33. The molecule has 0 bridgehead atoms. The van der Waals surface area contributed by atoms with Crippen molar-refractivity contribution in [2.24, 2.45) is 5.92 Å². The summed E-state index contributed by atoms with van der Waals surface area (Å²) in [5.41, 5.74) is 2.68. The number of amides is 1. The van der Waals surface area contributed by atoms with E-state index in [0.717, 1.165) is 17.7 Å². The second kappa shape index (κ2) is 8.22. The van der Waals surface area contributed by atoms with Gasteiger partial charge in [0, 0.05) is 18.7 Å². The Morgan fingerprint density at radius 2 is 2.00 bits per heavy atom. The molecule has 0 spiro atoms. The summed E-state index contributed by atoms with van der Waals surface area (Å²) >= 11 is 0. The zero-order chi connectivity index (χ0) is 23.2. The van der Waals surface area contributed by atoms with Crippen LogP contribution in [0.25, 0.3) is 0 Å². The van der Waals surface area contributed by atoms with Crippen molar-refractivity contribution in [2.45, 2.75) is 37.6 Å². The van der Waals surface area contributed by atoms with Gasteiger partial charge in [-0.3, -0.25) is 9.10 Å². The fourth-order valence-corrected chi connectivity index (χ4v) is 5.74. The number of nitrogens with one attached hydrogen (secondary N) is 1. The summed E-state index contributed by atoms with van der Waals surface area (Å²) in [5.74, 6) is 1.08. The van der Waals surface area contributed by atoms with Gasteiger partial charge in [0.25, 0.3) is 15.9 Å². The van der Waals surface area contributed by atoms with Crippen LogP contribution >= 0.6 is 0 Å². The maximum absolute atomic E-state index is 13.5. The van der Waals surface area contributed by atoms with Gasteiger partial charge in [-0.25, -0.2) is 13.1 Å².